The van der Waals surface area contributed by atoms with Gasteiger partial charge in [0.15, 0.2) is 11.4 Å². The van der Waals surface area contributed by atoms with Gasteiger partial charge in [-0.1, -0.05) is 41.7 Å². The van der Waals surface area contributed by atoms with Crippen LogP contribution < -0.4 is 9.46 Å². The van der Waals surface area contributed by atoms with E-state index in [2.05, 4.69) is 16.8 Å². The molecule has 0 spiro atoms. The van der Waals surface area contributed by atoms with Crippen molar-refractivity contribution in [2.24, 2.45) is 0 Å². The van der Waals surface area contributed by atoms with Crippen LogP contribution in [0.2, 0.25) is 10.0 Å². The van der Waals surface area contributed by atoms with Gasteiger partial charge in [0.05, 0.1) is 21.7 Å². The lowest BCUT2D eigenvalue weighted by molar-refractivity contribution is 0.305. The Balaban J connectivity index is 1.91. The maximum absolute atomic E-state index is 11.5. The van der Waals surface area contributed by atoms with Crippen molar-refractivity contribution in [2.45, 2.75) is 26.4 Å². The molecule has 6 nitrogen and oxygen atoms in total. The maximum atomic E-state index is 11.5. The van der Waals surface area contributed by atoms with Crippen LogP contribution in [0.3, 0.4) is 0 Å². The molecule has 3 aromatic rings. The largest absolute Gasteiger partial charge is 0.489 e. The molecule has 0 atom stereocenters. The molecule has 0 aliphatic rings. The molecule has 0 saturated heterocycles. The van der Waals surface area contributed by atoms with Crippen LogP contribution in [0.5, 0.6) is 5.75 Å². The number of benzene rings is 2. The summed E-state index contributed by atoms with van der Waals surface area (Å²) in [4.78, 5) is 0. The number of aryl methyl sites for hydroxylation is 1. The number of nitrogens with one attached hydrogen (secondary N) is 1. The van der Waals surface area contributed by atoms with E-state index in [1.807, 2.05) is 12.1 Å². The van der Waals surface area contributed by atoms with Gasteiger partial charge >= 0.3 is 0 Å². The predicted octanol–water partition coefficient (Wildman–Crippen LogP) is 5.04. The van der Waals surface area contributed by atoms with Gasteiger partial charge in [0.25, 0.3) is 0 Å². The number of fused-ring (bicyclic) bond motifs is 1. The van der Waals surface area contributed by atoms with Crippen molar-refractivity contribution >= 4 is 50.0 Å². The highest BCUT2D eigenvalue weighted by molar-refractivity contribution is 7.92. The SMILES string of the molecule is CCCc1cc2c(NS(C)(=O)=O)noc2cc1COc1ccc(Cl)c(Cl)c1. The number of anilines is 1. The van der Waals surface area contributed by atoms with Crippen molar-refractivity contribution in [1.82, 2.24) is 5.16 Å². The second-order valence-electron chi connectivity index (χ2n) is 6.14. The van der Waals surface area contributed by atoms with E-state index in [-0.39, 0.29) is 5.82 Å². The zero-order chi connectivity index (χ0) is 19.6. The first-order valence-electron chi connectivity index (χ1n) is 8.23. The van der Waals surface area contributed by atoms with Gasteiger partial charge in [0.1, 0.15) is 12.4 Å². The molecular weight excluding hydrogens is 411 g/mol. The first-order chi connectivity index (χ1) is 12.8. The van der Waals surface area contributed by atoms with Gasteiger partial charge in [-0.2, -0.15) is 0 Å². The second kappa shape index (κ2) is 7.96. The molecule has 1 N–H and O–H groups in total. The lowest BCUT2D eigenvalue weighted by Gasteiger charge is -2.12. The third-order valence-electron chi connectivity index (χ3n) is 3.88. The van der Waals surface area contributed by atoms with Crippen molar-refractivity contribution in [3.8, 4) is 5.75 Å². The number of aromatic nitrogens is 1. The third kappa shape index (κ3) is 4.86. The summed E-state index contributed by atoms with van der Waals surface area (Å²) in [6, 6.07) is 8.78. The highest BCUT2D eigenvalue weighted by Gasteiger charge is 2.16. The van der Waals surface area contributed by atoms with E-state index in [1.54, 1.807) is 18.2 Å². The summed E-state index contributed by atoms with van der Waals surface area (Å²) in [5.41, 5.74) is 2.44. The molecule has 2 aromatic carbocycles. The molecule has 0 saturated carbocycles. The fourth-order valence-electron chi connectivity index (χ4n) is 2.68. The van der Waals surface area contributed by atoms with Gasteiger partial charge in [0.2, 0.25) is 10.0 Å². The van der Waals surface area contributed by atoms with Crippen LogP contribution in [0, 0.1) is 0 Å². The number of sulfonamides is 1. The molecule has 9 heteroatoms. The van der Waals surface area contributed by atoms with Crippen LogP contribution in [0.4, 0.5) is 5.82 Å². The Morgan fingerprint density at radius 2 is 1.93 bits per heavy atom. The van der Waals surface area contributed by atoms with E-state index < -0.39 is 10.0 Å². The molecule has 1 heterocycles. The van der Waals surface area contributed by atoms with Crippen molar-refractivity contribution in [1.29, 1.82) is 0 Å². The minimum absolute atomic E-state index is 0.182. The molecule has 144 valence electrons. The van der Waals surface area contributed by atoms with Crippen LogP contribution in [0.25, 0.3) is 11.0 Å². The Kier molecular flexibility index (Phi) is 5.83. The van der Waals surface area contributed by atoms with E-state index in [0.717, 1.165) is 30.2 Å². The van der Waals surface area contributed by atoms with E-state index in [4.69, 9.17) is 32.5 Å². The van der Waals surface area contributed by atoms with Crippen molar-refractivity contribution in [2.75, 3.05) is 11.0 Å². The molecule has 0 fully saturated rings. The van der Waals surface area contributed by atoms with Gasteiger partial charge in [-0.25, -0.2) is 8.42 Å². The van der Waals surface area contributed by atoms with E-state index in [9.17, 15) is 8.42 Å². The monoisotopic (exact) mass is 428 g/mol. The average Bonchev–Trinajstić information content (AvgIpc) is 2.96. The Morgan fingerprint density at radius 3 is 2.59 bits per heavy atom. The van der Waals surface area contributed by atoms with Crippen LogP contribution in [0.1, 0.15) is 24.5 Å². The molecule has 27 heavy (non-hydrogen) atoms. The summed E-state index contributed by atoms with van der Waals surface area (Å²) in [6.07, 6.45) is 2.80. The van der Waals surface area contributed by atoms with Gasteiger partial charge in [-0.3, -0.25) is 4.72 Å². The molecule has 0 aliphatic carbocycles. The van der Waals surface area contributed by atoms with Crippen LogP contribution >= 0.6 is 23.2 Å². The van der Waals surface area contributed by atoms with Gasteiger partial charge in [-0.15, -0.1) is 0 Å². The van der Waals surface area contributed by atoms with Crippen molar-refractivity contribution in [3.05, 3.63) is 51.5 Å². The smallest absolute Gasteiger partial charge is 0.231 e. The maximum Gasteiger partial charge on any atom is 0.231 e. The normalized spacial score (nSPS) is 11.7. The number of ether oxygens (including phenoxy) is 1. The van der Waals surface area contributed by atoms with E-state index in [0.29, 0.717) is 33.4 Å². The van der Waals surface area contributed by atoms with Gasteiger partial charge < -0.3 is 9.26 Å². The molecule has 0 aliphatic heterocycles. The summed E-state index contributed by atoms with van der Waals surface area (Å²) in [5, 5.41) is 5.32. The topological polar surface area (TPSA) is 81.4 Å². The summed E-state index contributed by atoms with van der Waals surface area (Å²) < 4.78 is 36.5. The molecular formula is C18H18Cl2N2O4S. The fourth-order valence-corrected chi connectivity index (χ4v) is 3.47. The summed E-state index contributed by atoms with van der Waals surface area (Å²) >= 11 is 11.9. The minimum Gasteiger partial charge on any atom is -0.489 e. The van der Waals surface area contributed by atoms with E-state index in [1.165, 1.54) is 0 Å². The summed E-state index contributed by atoms with van der Waals surface area (Å²) in [5.74, 6) is 0.783. The Labute approximate surface area is 167 Å². The van der Waals surface area contributed by atoms with Crippen molar-refractivity contribution in [3.63, 3.8) is 0 Å². The first-order valence-corrected chi connectivity index (χ1v) is 10.9. The average molecular weight is 429 g/mol. The van der Waals surface area contributed by atoms with Crippen LogP contribution in [-0.2, 0) is 23.1 Å². The summed E-state index contributed by atoms with van der Waals surface area (Å²) in [7, 11) is -3.45. The molecule has 0 amide bonds. The molecule has 0 bridgehead atoms. The van der Waals surface area contributed by atoms with E-state index >= 15 is 0 Å². The zero-order valence-corrected chi connectivity index (χ0v) is 17.1. The highest BCUT2D eigenvalue weighted by Crippen LogP contribution is 2.30. The molecule has 3 rings (SSSR count). The van der Waals surface area contributed by atoms with Crippen LogP contribution in [0.15, 0.2) is 34.9 Å². The Hall–Kier alpha value is -1.96. The molecule has 0 radical (unpaired) electrons. The quantitative estimate of drug-likeness (QED) is 0.569. The summed E-state index contributed by atoms with van der Waals surface area (Å²) in [6.45, 7) is 2.37. The minimum atomic E-state index is -3.45. The predicted molar refractivity (Wildman–Crippen MR) is 107 cm³/mol. The number of hydrogen-bond acceptors (Lipinski definition) is 5. The number of nitrogens with zero attached hydrogens (tertiary/aromatic N) is 1. The van der Waals surface area contributed by atoms with Gasteiger partial charge in [-0.05, 0) is 41.8 Å². The standard InChI is InChI=1S/C18H18Cl2N2O4S/c1-3-4-11-7-14-17(26-21-18(14)22-27(2,23)24)8-12(11)10-25-13-5-6-15(19)16(20)9-13/h5-9H,3-4,10H2,1-2H3,(H,21,22). The number of hydrogen-bond donors (Lipinski definition) is 1. The number of rotatable bonds is 7. The lowest BCUT2D eigenvalue weighted by atomic mass is 10.0. The van der Waals surface area contributed by atoms with Crippen molar-refractivity contribution < 1.29 is 17.7 Å². The highest BCUT2D eigenvalue weighted by atomic mass is 35.5. The van der Waals surface area contributed by atoms with Crippen LogP contribution in [-0.4, -0.2) is 19.8 Å². The first kappa shape index (κ1) is 19.8. The Morgan fingerprint density at radius 1 is 1.15 bits per heavy atom. The third-order valence-corrected chi connectivity index (χ3v) is 5.18. The fraction of sp³-hybridized carbons (Fsp3) is 0.278. The molecule has 1 aromatic heterocycles. The lowest BCUT2D eigenvalue weighted by Crippen LogP contribution is -2.10. The molecule has 0 unspecified atom stereocenters. The second-order valence-corrected chi connectivity index (χ2v) is 8.70. The van der Waals surface area contributed by atoms with Gasteiger partial charge in [0, 0.05) is 6.07 Å². The number of halogens is 2. The zero-order valence-electron chi connectivity index (χ0n) is 14.8. The Bertz CT molecular complexity index is 1080.